The van der Waals surface area contributed by atoms with E-state index in [9.17, 15) is 13.2 Å². The maximum Gasteiger partial charge on any atom is 0.261 e. The summed E-state index contributed by atoms with van der Waals surface area (Å²) < 4.78 is 33.3. The van der Waals surface area contributed by atoms with E-state index < -0.39 is 10.0 Å². The third-order valence-corrected chi connectivity index (χ3v) is 6.22. The zero-order chi connectivity index (χ0) is 22.4. The summed E-state index contributed by atoms with van der Waals surface area (Å²) in [5, 5.41) is 3.49. The molecule has 0 aromatic heterocycles. The average Bonchev–Trinajstić information content (AvgIpc) is 2.73. The normalized spacial score (nSPS) is 12.1. The number of para-hydroxylation sites is 1. The van der Waals surface area contributed by atoms with Gasteiger partial charge in [0.15, 0.2) is 6.61 Å². The van der Waals surface area contributed by atoms with E-state index in [0.29, 0.717) is 22.0 Å². The SMILES string of the molecule is Cc1cc(S(=O)(=O)Nc2ccccc2)ccc1OCC(=O)NC(C)c1ccc(Cl)cc1. The average molecular weight is 459 g/mol. The molecule has 0 heterocycles. The third kappa shape index (κ3) is 6.23. The first-order valence-corrected chi connectivity index (χ1v) is 11.5. The van der Waals surface area contributed by atoms with E-state index in [1.54, 1.807) is 55.5 Å². The van der Waals surface area contributed by atoms with Crippen molar-refractivity contribution >= 4 is 33.2 Å². The Morgan fingerprint density at radius 3 is 2.35 bits per heavy atom. The van der Waals surface area contributed by atoms with Crippen molar-refractivity contribution in [2.24, 2.45) is 0 Å². The van der Waals surface area contributed by atoms with Crippen LogP contribution in [-0.2, 0) is 14.8 Å². The molecular weight excluding hydrogens is 436 g/mol. The standard InChI is InChI=1S/C23H23ClN2O4S/c1-16-14-21(31(28,29)26-20-6-4-3-5-7-20)12-13-22(16)30-15-23(27)25-17(2)18-8-10-19(24)11-9-18/h3-14,17,26H,15H2,1-2H3,(H,25,27). The number of halogens is 1. The van der Waals surface area contributed by atoms with Crippen molar-refractivity contribution in [2.45, 2.75) is 24.8 Å². The van der Waals surface area contributed by atoms with Crippen LogP contribution in [0.2, 0.25) is 5.02 Å². The molecule has 3 aromatic rings. The van der Waals surface area contributed by atoms with Crippen LogP contribution in [0.25, 0.3) is 0 Å². The van der Waals surface area contributed by atoms with Gasteiger partial charge in [-0.2, -0.15) is 0 Å². The van der Waals surface area contributed by atoms with Gasteiger partial charge in [-0.15, -0.1) is 0 Å². The van der Waals surface area contributed by atoms with Crippen LogP contribution in [0.3, 0.4) is 0 Å². The molecule has 162 valence electrons. The van der Waals surface area contributed by atoms with Gasteiger partial charge >= 0.3 is 0 Å². The highest BCUT2D eigenvalue weighted by Crippen LogP contribution is 2.24. The highest BCUT2D eigenvalue weighted by atomic mass is 35.5. The Morgan fingerprint density at radius 2 is 1.71 bits per heavy atom. The van der Waals surface area contributed by atoms with Gasteiger partial charge in [0.1, 0.15) is 5.75 Å². The first-order chi connectivity index (χ1) is 14.7. The van der Waals surface area contributed by atoms with E-state index in [1.807, 2.05) is 19.1 Å². The quantitative estimate of drug-likeness (QED) is 0.512. The lowest BCUT2D eigenvalue weighted by Gasteiger charge is -2.16. The second-order valence-electron chi connectivity index (χ2n) is 7.03. The Hall–Kier alpha value is -3.03. The molecule has 8 heteroatoms. The second kappa shape index (κ2) is 9.85. The van der Waals surface area contributed by atoms with E-state index >= 15 is 0 Å². The van der Waals surface area contributed by atoms with Gasteiger partial charge in [-0.3, -0.25) is 9.52 Å². The summed E-state index contributed by atoms with van der Waals surface area (Å²) in [5.74, 6) is 0.150. The Morgan fingerprint density at radius 1 is 1.03 bits per heavy atom. The number of hydrogen-bond acceptors (Lipinski definition) is 4. The minimum absolute atomic E-state index is 0.113. The lowest BCUT2D eigenvalue weighted by Crippen LogP contribution is -2.31. The molecule has 0 fully saturated rings. The summed E-state index contributed by atoms with van der Waals surface area (Å²) in [4.78, 5) is 12.4. The van der Waals surface area contributed by atoms with Crippen LogP contribution in [-0.4, -0.2) is 20.9 Å². The predicted octanol–water partition coefficient (Wildman–Crippen LogP) is 4.71. The highest BCUT2D eigenvalue weighted by molar-refractivity contribution is 7.92. The van der Waals surface area contributed by atoms with Crippen molar-refractivity contribution in [2.75, 3.05) is 11.3 Å². The number of carbonyl (C=O) groups is 1. The maximum atomic E-state index is 12.6. The molecule has 0 radical (unpaired) electrons. The molecule has 2 N–H and O–H groups in total. The van der Waals surface area contributed by atoms with E-state index in [2.05, 4.69) is 10.0 Å². The molecule has 6 nitrogen and oxygen atoms in total. The molecule has 0 spiro atoms. The number of aryl methyl sites for hydroxylation is 1. The van der Waals surface area contributed by atoms with Crippen LogP contribution in [0.5, 0.6) is 5.75 Å². The summed E-state index contributed by atoms with van der Waals surface area (Å²) in [5.41, 5.74) is 2.01. The third-order valence-electron chi connectivity index (χ3n) is 4.59. The Balaban J connectivity index is 1.60. The fourth-order valence-electron chi connectivity index (χ4n) is 2.93. The smallest absolute Gasteiger partial charge is 0.261 e. The number of rotatable bonds is 8. The second-order valence-corrected chi connectivity index (χ2v) is 9.15. The van der Waals surface area contributed by atoms with Crippen molar-refractivity contribution in [1.29, 1.82) is 0 Å². The number of amides is 1. The molecule has 31 heavy (non-hydrogen) atoms. The number of hydrogen-bond donors (Lipinski definition) is 2. The van der Waals surface area contributed by atoms with Gasteiger partial charge in [-0.05, 0) is 67.4 Å². The largest absolute Gasteiger partial charge is 0.484 e. The number of carbonyl (C=O) groups excluding carboxylic acids is 1. The van der Waals surface area contributed by atoms with Crippen molar-refractivity contribution < 1.29 is 17.9 Å². The molecule has 0 aliphatic carbocycles. The zero-order valence-electron chi connectivity index (χ0n) is 17.1. The van der Waals surface area contributed by atoms with E-state index in [0.717, 1.165) is 5.56 Å². The van der Waals surface area contributed by atoms with Gasteiger partial charge in [-0.25, -0.2) is 8.42 Å². The lowest BCUT2D eigenvalue weighted by atomic mass is 10.1. The van der Waals surface area contributed by atoms with Gasteiger partial charge in [0.2, 0.25) is 0 Å². The molecule has 0 bridgehead atoms. The maximum absolute atomic E-state index is 12.6. The van der Waals surface area contributed by atoms with E-state index in [4.69, 9.17) is 16.3 Å². The molecule has 0 aliphatic rings. The van der Waals surface area contributed by atoms with Crippen LogP contribution in [0.4, 0.5) is 5.69 Å². The first kappa shape index (κ1) is 22.7. The van der Waals surface area contributed by atoms with E-state index in [-0.39, 0.29) is 23.5 Å². The molecule has 0 saturated carbocycles. The number of ether oxygens (including phenoxy) is 1. The molecule has 0 aliphatic heterocycles. The Bertz CT molecular complexity index is 1150. The molecule has 3 rings (SSSR count). The molecular formula is C23H23ClN2O4S. The molecule has 1 atom stereocenters. The summed E-state index contributed by atoms with van der Waals surface area (Å²) in [6, 6.07) is 20.2. The van der Waals surface area contributed by atoms with Crippen LogP contribution in [0.1, 0.15) is 24.1 Å². The number of nitrogens with one attached hydrogen (secondary N) is 2. The van der Waals surface area contributed by atoms with Crippen LogP contribution in [0.15, 0.2) is 77.7 Å². The zero-order valence-corrected chi connectivity index (χ0v) is 18.7. The molecule has 0 saturated heterocycles. The van der Waals surface area contributed by atoms with Crippen molar-refractivity contribution in [3.8, 4) is 5.75 Å². The number of anilines is 1. The minimum atomic E-state index is -3.73. The fourth-order valence-corrected chi connectivity index (χ4v) is 4.20. The topological polar surface area (TPSA) is 84.5 Å². The van der Waals surface area contributed by atoms with Gasteiger partial charge in [0.25, 0.3) is 15.9 Å². The lowest BCUT2D eigenvalue weighted by molar-refractivity contribution is -0.123. The van der Waals surface area contributed by atoms with Gasteiger partial charge in [0.05, 0.1) is 10.9 Å². The van der Waals surface area contributed by atoms with Gasteiger partial charge in [0, 0.05) is 10.7 Å². The van der Waals surface area contributed by atoms with Crippen LogP contribution in [0, 0.1) is 6.92 Å². The molecule has 1 unspecified atom stereocenters. The fraction of sp³-hybridized carbons (Fsp3) is 0.174. The number of benzene rings is 3. The van der Waals surface area contributed by atoms with Crippen molar-refractivity contribution in [1.82, 2.24) is 5.32 Å². The van der Waals surface area contributed by atoms with Crippen molar-refractivity contribution in [3.63, 3.8) is 0 Å². The number of sulfonamides is 1. The molecule has 1 amide bonds. The molecule has 3 aromatic carbocycles. The summed E-state index contributed by atoms with van der Waals surface area (Å²) in [7, 11) is -3.73. The summed E-state index contributed by atoms with van der Waals surface area (Å²) in [6.07, 6.45) is 0. The van der Waals surface area contributed by atoms with Gasteiger partial charge in [-0.1, -0.05) is 41.9 Å². The first-order valence-electron chi connectivity index (χ1n) is 9.61. The van der Waals surface area contributed by atoms with E-state index in [1.165, 1.54) is 12.1 Å². The van der Waals surface area contributed by atoms with Crippen LogP contribution < -0.4 is 14.8 Å². The predicted molar refractivity (Wildman–Crippen MR) is 122 cm³/mol. The minimum Gasteiger partial charge on any atom is -0.484 e. The Kier molecular flexibility index (Phi) is 7.20. The van der Waals surface area contributed by atoms with Crippen molar-refractivity contribution in [3.05, 3.63) is 88.9 Å². The summed E-state index contributed by atoms with van der Waals surface area (Å²) >= 11 is 5.89. The van der Waals surface area contributed by atoms with Crippen LogP contribution >= 0.6 is 11.6 Å². The monoisotopic (exact) mass is 458 g/mol. The highest BCUT2D eigenvalue weighted by Gasteiger charge is 2.16. The summed E-state index contributed by atoms with van der Waals surface area (Å²) in [6.45, 7) is 3.41. The Labute approximate surface area is 187 Å². The van der Waals surface area contributed by atoms with Gasteiger partial charge < -0.3 is 10.1 Å².